The van der Waals surface area contributed by atoms with E-state index < -0.39 is 0 Å². The normalized spacial score (nSPS) is 10.6. The maximum atomic E-state index is 6.11. The molecule has 0 aliphatic rings. The number of ether oxygens (including phenoxy) is 1. The highest BCUT2D eigenvalue weighted by Gasteiger charge is 2.05. The highest BCUT2D eigenvalue weighted by molar-refractivity contribution is 6.35. The Balaban J connectivity index is 0.00000320. The molecule has 3 aromatic rings. The molecule has 2 aromatic carbocycles. The van der Waals surface area contributed by atoms with E-state index in [0.29, 0.717) is 10.0 Å². The van der Waals surface area contributed by atoms with Crippen molar-refractivity contribution in [2.75, 3.05) is 7.11 Å². The summed E-state index contributed by atoms with van der Waals surface area (Å²) in [7, 11) is 1.68. The topological polar surface area (TPSA) is 34.7 Å². The third-order valence-electron chi connectivity index (χ3n) is 4.50. The summed E-state index contributed by atoms with van der Waals surface area (Å²) in [5, 5.41) is 5.15. The van der Waals surface area contributed by atoms with Gasteiger partial charge in [-0.15, -0.1) is 0 Å². The lowest BCUT2D eigenvalue weighted by atomic mass is 10.1. The first kappa shape index (κ1) is 24.2. The SMILES string of the molecule is COc1ccc(CCC[n+]2ccc(/C=N/OCc3c(Cl)cccc3Cl)cc2)cc1.[Br-]. The van der Waals surface area contributed by atoms with Gasteiger partial charge in [-0.3, -0.25) is 0 Å². The lowest BCUT2D eigenvalue weighted by Gasteiger charge is -2.04. The predicted octanol–water partition coefficient (Wildman–Crippen LogP) is 2.48. The van der Waals surface area contributed by atoms with Crippen molar-refractivity contribution in [2.24, 2.45) is 5.16 Å². The van der Waals surface area contributed by atoms with Crippen LogP contribution in [0.3, 0.4) is 0 Å². The van der Waals surface area contributed by atoms with Gasteiger partial charge in [0.05, 0.1) is 13.3 Å². The number of aromatic nitrogens is 1. The number of methoxy groups -OCH3 is 1. The van der Waals surface area contributed by atoms with Gasteiger partial charge in [0, 0.05) is 39.7 Å². The fourth-order valence-electron chi connectivity index (χ4n) is 2.83. The molecule has 7 heteroatoms. The lowest BCUT2D eigenvalue weighted by molar-refractivity contribution is -0.697. The summed E-state index contributed by atoms with van der Waals surface area (Å²) >= 11 is 12.2. The zero-order chi connectivity index (χ0) is 20.5. The quantitative estimate of drug-likeness (QED) is 0.252. The first-order valence-corrected chi connectivity index (χ1v) is 10.1. The van der Waals surface area contributed by atoms with Gasteiger partial charge in [0.15, 0.2) is 12.4 Å². The van der Waals surface area contributed by atoms with Crippen molar-refractivity contribution < 1.29 is 31.1 Å². The van der Waals surface area contributed by atoms with Crippen LogP contribution in [0.5, 0.6) is 5.75 Å². The van der Waals surface area contributed by atoms with Crippen LogP contribution in [-0.2, 0) is 24.4 Å². The summed E-state index contributed by atoms with van der Waals surface area (Å²) in [6, 6.07) is 17.6. The first-order chi connectivity index (χ1) is 14.2. The summed E-state index contributed by atoms with van der Waals surface area (Å²) in [6.07, 6.45) is 7.85. The van der Waals surface area contributed by atoms with Crippen LogP contribution in [0.4, 0.5) is 0 Å². The average Bonchev–Trinajstić information content (AvgIpc) is 2.74. The van der Waals surface area contributed by atoms with Gasteiger partial charge in [-0.25, -0.2) is 4.57 Å². The van der Waals surface area contributed by atoms with Gasteiger partial charge in [0.25, 0.3) is 0 Å². The van der Waals surface area contributed by atoms with E-state index in [1.165, 1.54) is 5.56 Å². The Kier molecular flexibility index (Phi) is 10.1. The van der Waals surface area contributed by atoms with Crippen molar-refractivity contribution in [3.8, 4) is 5.75 Å². The molecular formula is C23H23BrCl2N2O2. The van der Waals surface area contributed by atoms with Crippen LogP contribution in [0.2, 0.25) is 10.0 Å². The Morgan fingerprint density at radius 3 is 2.27 bits per heavy atom. The van der Waals surface area contributed by atoms with Gasteiger partial charge in [-0.05, 0) is 36.2 Å². The van der Waals surface area contributed by atoms with E-state index in [1.54, 1.807) is 31.5 Å². The van der Waals surface area contributed by atoms with Crippen molar-refractivity contribution in [3.05, 3.63) is 93.7 Å². The van der Waals surface area contributed by atoms with Gasteiger partial charge in [-0.2, -0.15) is 0 Å². The van der Waals surface area contributed by atoms with Crippen molar-refractivity contribution in [1.29, 1.82) is 0 Å². The summed E-state index contributed by atoms with van der Waals surface area (Å²) in [4.78, 5) is 5.33. The van der Waals surface area contributed by atoms with Gasteiger partial charge in [0.1, 0.15) is 18.9 Å². The zero-order valence-electron chi connectivity index (χ0n) is 16.6. The molecule has 0 radical (unpaired) electrons. The number of aryl methyl sites for hydroxylation is 2. The molecule has 158 valence electrons. The minimum Gasteiger partial charge on any atom is -1.00 e. The van der Waals surface area contributed by atoms with Crippen molar-refractivity contribution in [2.45, 2.75) is 26.0 Å². The third-order valence-corrected chi connectivity index (χ3v) is 5.21. The number of nitrogens with zero attached hydrogens (tertiary/aromatic N) is 2. The van der Waals surface area contributed by atoms with Crippen molar-refractivity contribution >= 4 is 29.4 Å². The maximum absolute atomic E-state index is 6.11. The fourth-order valence-corrected chi connectivity index (χ4v) is 3.34. The molecule has 0 amide bonds. The van der Waals surface area contributed by atoms with Gasteiger partial charge >= 0.3 is 0 Å². The molecule has 4 nitrogen and oxygen atoms in total. The van der Waals surface area contributed by atoms with Crippen LogP contribution in [0, 0.1) is 0 Å². The Hall–Kier alpha value is -2.08. The highest BCUT2D eigenvalue weighted by atomic mass is 79.9. The molecule has 0 aliphatic carbocycles. The van der Waals surface area contributed by atoms with E-state index in [2.05, 4.69) is 21.9 Å². The zero-order valence-corrected chi connectivity index (χ0v) is 19.7. The van der Waals surface area contributed by atoms with Crippen LogP contribution in [-0.4, -0.2) is 13.3 Å². The van der Waals surface area contributed by atoms with E-state index in [4.69, 9.17) is 32.8 Å². The summed E-state index contributed by atoms with van der Waals surface area (Å²) in [5.74, 6) is 0.888. The smallest absolute Gasteiger partial charge is 0.169 e. The number of rotatable bonds is 9. The molecule has 0 unspecified atom stereocenters. The van der Waals surface area contributed by atoms with Crippen LogP contribution < -0.4 is 26.3 Å². The Bertz CT molecular complexity index is 928. The van der Waals surface area contributed by atoms with Crippen LogP contribution >= 0.6 is 23.2 Å². The van der Waals surface area contributed by atoms with Crippen molar-refractivity contribution in [3.63, 3.8) is 0 Å². The van der Waals surface area contributed by atoms with Crippen molar-refractivity contribution in [1.82, 2.24) is 0 Å². The van der Waals surface area contributed by atoms with Crippen LogP contribution in [0.1, 0.15) is 23.1 Å². The Labute approximate surface area is 197 Å². The van der Waals surface area contributed by atoms with E-state index in [9.17, 15) is 0 Å². The second-order valence-electron chi connectivity index (χ2n) is 6.53. The van der Waals surface area contributed by atoms with E-state index in [1.807, 2.05) is 36.7 Å². The van der Waals surface area contributed by atoms with E-state index in [-0.39, 0.29) is 23.6 Å². The number of hydrogen-bond donors (Lipinski definition) is 0. The van der Waals surface area contributed by atoms with Gasteiger partial charge < -0.3 is 26.6 Å². The molecule has 0 saturated heterocycles. The number of oxime groups is 1. The number of pyridine rings is 1. The molecule has 0 bridgehead atoms. The first-order valence-electron chi connectivity index (χ1n) is 9.36. The molecule has 0 N–H and O–H groups in total. The molecular weight excluding hydrogens is 487 g/mol. The minimum absolute atomic E-state index is 0. The molecule has 30 heavy (non-hydrogen) atoms. The summed E-state index contributed by atoms with van der Waals surface area (Å²) < 4.78 is 7.34. The summed E-state index contributed by atoms with van der Waals surface area (Å²) in [5.41, 5.74) is 3.00. The molecule has 0 spiro atoms. The number of benzene rings is 2. The molecule has 1 aromatic heterocycles. The number of halogens is 3. The molecule has 0 fully saturated rings. The summed E-state index contributed by atoms with van der Waals surface area (Å²) in [6.45, 7) is 1.18. The second-order valence-corrected chi connectivity index (χ2v) is 7.34. The minimum atomic E-state index is 0. The average molecular weight is 510 g/mol. The maximum Gasteiger partial charge on any atom is 0.169 e. The second kappa shape index (κ2) is 12.6. The fraction of sp³-hybridized carbons (Fsp3) is 0.217. The number of hydrogen-bond acceptors (Lipinski definition) is 3. The van der Waals surface area contributed by atoms with Gasteiger partial charge in [0.2, 0.25) is 0 Å². The molecule has 3 rings (SSSR count). The largest absolute Gasteiger partial charge is 1.00 e. The standard InChI is InChI=1S/C23H23Cl2N2O2.BrH/c1-28-20-9-7-18(8-10-20)4-3-13-27-14-11-19(12-15-27)16-26-29-17-21-22(24)5-2-6-23(21)25;/h2,5-12,14-16H,3-4,13,17H2,1H3;1H/q+1;/p-1/b26-16+;. The molecule has 0 atom stereocenters. The third kappa shape index (κ3) is 7.31. The molecule has 0 saturated carbocycles. The lowest BCUT2D eigenvalue weighted by Crippen LogP contribution is -3.00. The molecule has 1 heterocycles. The predicted molar refractivity (Wildman–Crippen MR) is 117 cm³/mol. The Morgan fingerprint density at radius 2 is 1.63 bits per heavy atom. The monoisotopic (exact) mass is 508 g/mol. The highest BCUT2D eigenvalue weighted by Crippen LogP contribution is 2.24. The van der Waals surface area contributed by atoms with Crippen LogP contribution in [0.25, 0.3) is 0 Å². The van der Waals surface area contributed by atoms with E-state index in [0.717, 1.165) is 36.3 Å². The Morgan fingerprint density at radius 1 is 0.967 bits per heavy atom. The van der Waals surface area contributed by atoms with Gasteiger partial charge in [-0.1, -0.05) is 46.6 Å². The molecule has 0 aliphatic heterocycles. The van der Waals surface area contributed by atoms with E-state index >= 15 is 0 Å². The van der Waals surface area contributed by atoms with Crippen LogP contribution in [0.15, 0.2) is 72.1 Å².